The minimum atomic E-state index is -0.777. The van der Waals surface area contributed by atoms with Crippen LogP contribution in [0.5, 0.6) is 11.5 Å². The SMILES string of the molecule is c1ccc(-c2nc(-c3ccccc3)nc(-c3ccc4c(n3)-c3ncccc3C43c4ccccc4Sc4c3ccc3c4Oc4ccccc4N3c3ccc4c5ccccc5n(-c5ccccc5)c4c3)n2)cc1. The Labute approximate surface area is 412 Å². The van der Waals surface area contributed by atoms with Crippen molar-refractivity contribution in [3.8, 4) is 62.9 Å². The van der Waals surface area contributed by atoms with Crippen LogP contribution in [-0.4, -0.2) is 29.5 Å². The van der Waals surface area contributed by atoms with Crippen molar-refractivity contribution in [2.45, 2.75) is 15.2 Å². The van der Waals surface area contributed by atoms with E-state index in [4.69, 9.17) is 29.7 Å². The summed E-state index contributed by atoms with van der Waals surface area (Å²) in [6.45, 7) is 0. The van der Waals surface area contributed by atoms with Crippen molar-refractivity contribution in [3.05, 3.63) is 247 Å². The number of anilines is 3. The standard InChI is InChI=1S/C62H37N7OS/c1-4-17-38(18-5-1)59-65-60(39-19-6-2-7-20-39)67-61(66-59)48-34-32-46-56(64-48)55-45(25-16-36-63-55)62(46)44-24-11-15-29-54(44)71-58-47(62)33-35-51-57(58)70-53-28-14-13-27-50(53)69(51)41-30-31-43-42-23-10-12-26-49(42)68(52(43)37-41)40-21-8-3-9-22-40/h1-37H. The zero-order valence-corrected chi connectivity index (χ0v) is 38.6. The average molecular weight is 928 g/mol. The summed E-state index contributed by atoms with van der Waals surface area (Å²) in [5, 5.41) is 2.41. The Bertz CT molecular complexity index is 4080. The van der Waals surface area contributed by atoms with E-state index in [1.807, 2.05) is 79.0 Å². The van der Waals surface area contributed by atoms with Crippen LogP contribution >= 0.6 is 11.8 Å². The maximum Gasteiger partial charge on any atom is 0.182 e. The van der Waals surface area contributed by atoms with Crippen LogP contribution in [-0.2, 0) is 5.41 Å². The van der Waals surface area contributed by atoms with Crippen molar-refractivity contribution in [1.82, 2.24) is 29.5 Å². The lowest BCUT2D eigenvalue weighted by atomic mass is 9.67. The fourth-order valence-corrected chi connectivity index (χ4v) is 12.4. The first-order valence-corrected chi connectivity index (χ1v) is 24.5. The molecule has 1 aliphatic carbocycles. The molecule has 1 unspecified atom stereocenters. The van der Waals surface area contributed by atoms with E-state index in [0.29, 0.717) is 23.2 Å². The summed E-state index contributed by atoms with van der Waals surface area (Å²) in [6.07, 6.45) is 1.86. The highest BCUT2D eigenvalue weighted by atomic mass is 32.2. The molecule has 9 heteroatoms. The maximum atomic E-state index is 7.20. The Morgan fingerprint density at radius 2 is 1.08 bits per heavy atom. The number of pyridine rings is 2. The van der Waals surface area contributed by atoms with E-state index >= 15 is 0 Å². The molecule has 0 N–H and O–H groups in total. The lowest BCUT2D eigenvalue weighted by Gasteiger charge is -2.41. The number of benzene rings is 8. The minimum Gasteiger partial charge on any atom is -0.452 e. The van der Waals surface area contributed by atoms with Gasteiger partial charge in [-0.15, -0.1) is 0 Å². The van der Waals surface area contributed by atoms with Gasteiger partial charge in [-0.05, 0) is 89.0 Å². The van der Waals surface area contributed by atoms with Crippen LogP contribution in [0.25, 0.3) is 73.2 Å². The van der Waals surface area contributed by atoms with Crippen LogP contribution in [0.3, 0.4) is 0 Å². The van der Waals surface area contributed by atoms with Crippen LogP contribution in [0.4, 0.5) is 17.1 Å². The largest absolute Gasteiger partial charge is 0.452 e. The smallest absolute Gasteiger partial charge is 0.182 e. The van der Waals surface area contributed by atoms with Gasteiger partial charge < -0.3 is 14.2 Å². The van der Waals surface area contributed by atoms with Crippen molar-refractivity contribution < 1.29 is 4.74 Å². The van der Waals surface area contributed by atoms with Crippen molar-refractivity contribution in [1.29, 1.82) is 0 Å². The van der Waals surface area contributed by atoms with Crippen molar-refractivity contribution in [3.63, 3.8) is 0 Å². The molecule has 6 heterocycles. The van der Waals surface area contributed by atoms with Crippen LogP contribution in [0, 0.1) is 0 Å². The summed E-state index contributed by atoms with van der Waals surface area (Å²) in [4.78, 5) is 30.3. The van der Waals surface area contributed by atoms with Crippen molar-refractivity contribution in [2.24, 2.45) is 0 Å². The molecule has 12 aromatic rings. The van der Waals surface area contributed by atoms with E-state index in [2.05, 4.69) is 155 Å². The molecule has 4 aromatic heterocycles. The van der Waals surface area contributed by atoms with E-state index < -0.39 is 5.41 Å². The normalized spacial score (nSPS) is 14.8. The quantitative estimate of drug-likeness (QED) is 0.169. The second-order valence-corrected chi connectivity index (χ2v) is 19.0. The fourth-order valence-electron chi connectivity index (χ4n) is 11.2. The Morgan fingerprint density at radius 1 is 0.437 bits per heavy atom. The summed E-state index contributed by atoms with van der Waals surface area (Å²) in [6, 6.07) is 76.4. The fraction of sp³-hybridized carbons (Fsp3) is 0.0161. The molecule has 8 nitrogen and oxygen atoms in total. The second-order valence-electron chi connectivity index (χ2n) is 18.0. The van der Waals surface area contributed by atoms with Gasteiger partial charge in [0.15, 0.2) is 29.0 Å². The molecular formula is C62H37N7OS. The molecule has 332 valence electrons. The number of para-hydroxylation sites is 4. The highest BCUT2D eigenvalue weighted by Gasteiger charge is 2.53. The average Bonchev–Trinajstić information content (AvgIpc) is 3.93. The van der Waals surface area contributed by atoms with E-state index in [1.54, 1.807) is 11.8 Å². The lowest BCUT2D eigenvalue weighted by molar-refractivity contribution is 0.461. The molecule has 8 aromatic carbocycles. The summed E-state index contributed by atoms with van der Waals surface area (Å²) < 4.78 is 9.57. The van der Waals surface area contributed by atoms with Crippen LogP contribution < -0.4 is 9.64 Å². The number of hydrogen-bond acceptors (Lipinski definition) is 8. The van der Waals surface area contributed by atoms with Crippen molar-refractivity contribution in [2.75, 3.05) is 4.90 Å². The predicted molar refractivity (Wildman–Crippen MR) is 282 cm³/mol. The number of ether oxygens (including phenoxy) is 1. The van der Waals surface area contributed by atoms with E-state index in [0.717, 1.165) is 88.8 Å². The third-order valence-electron chi connectivity index (χ3n) is 14.2. The summed E-state index contributed by atoms with van der Waals surface area (Å²) in [5.74, 6) is 3.24. The van der Waals surface area contributed by atoms with Gasteiger partial charge in [0.1, 0.15) is 5.69 Å². The van der Waals surface area contributed by atoms with Crippen LogP contribution in [0.15, 0.2) is 234 Å². The van der Waals surface area contributed by atoms with Gasteiger partial charge in [-0.1, -0.05) is 163 Å². The molecule has 0 saturated heterocycles. The van der Waals surface area contributed by atoms with Gasteiger partial charge in [-0.25, -0.2) is 19.9 Å². The molecular weight excluding hydrogens is 891 g/mol. The second kappa shape index (κ2) is 15.4. The topological polar surface area (TPSA) is 81.9 Å². The zero-order chi connectivity index (χ0) is 46.6. The number of aromatic nitrogens is 6. The van der Waals surface area contributed by atoms with E-state index in [9.17, 15) is 0 Å². The van der Waals surface area contributed by atoms with Gasteiger partial charge in [0, 0.05) is 44.4 Å². The molecule has 0 bridgehead atoms. The molecule has 1 spiro atoms. The number of nitrogens with zero attached hydrogens (tertiary/aromatic N) is 7. The third-order valence-corrected chi connectivity index (χ3v) is 15.3. The van der Waals surface area contributed by atoms with Gasteiger partial charge in [0.25, 0.3) is 0 Å². The Balaban J connectivity index is 0.939. The van der Waals surface area contributed by atoms with Gasteiger partial charge in [-0.2, -0.15) is 0 Å². The van der Waals surface area contributed by atoms with E-state index in [1.165, 1.54) is 21.9 Å². The van der Waals surface area contributed by atoms with Gasteiger partial charge in [0.2, 0.25) is 0 Å². The summed E-state index contributed by atoms with van der Waals surface area (Å²) >= 11 is 1.76. The van der Waals surface area contributed by atoms with Crippen LogP contribution in [0.1, 0.15) is 22.3 Å². The lowest BCUT2D eigenvalue weighted by Crippen LogP contribution is -2.32. The third kappa shape index (κ3) is 5.84. The highest BCUT2D eigenvalue weighted by Crippen LogP contribution is 2.65. The highest BCUT2D eigenvalue weighted by molar-refractivity contribution is 7.99. The Morgan fingerprint density at radius 3 is 1.90 bits per heavy atom. The predicted octanol–water partition coefficient (Wildman–Crippen LogP) is 15.2. The van der Waals surface area contributed by atoms with Crippen LogP contribution in [0.2, 0.25) is 0 Å². The molecule has 1 atom stereocenters. The Kier molecular flexibility index (Phi) is 8.64. The molecule has 71 heavy (non-hydrogen) atoms. The van der Waals surface area contributed by atoms with Crippen molar-refractivity contribution >= 4 is 50.6 Å². The minimum absolute atomic E-state index is 0.488. The molecule has 0 saturated carbocycles. The van der Waals surface area contributed by atoms with Gasteiger partial charge in [0.05, 0.1) is 44.1 Å². The van der Waals surface area contributed by atoms with E-state index in [-0.39, 0.29) is 0 Å². The number of fused-ring (bicyclic) bond motifs is 15. The number of rotatable bonds is 5. The summed E-state index contributed by atoms with van der Waals surface area (Å²) in [5.41, 5.74) is 14.0. The first-order chi connectivity index (χ1) is 35.2. The Hall–Kier alpha value is -9.18. The molecule has 0 fully saturated rings. The molecule has 15 rings (SSSR count). The molecule has 3 aliphatic rings. The molecule has 2 aliphatic heterocycles. The maximum absolute atomic E-state index is 7.20. The first-order valence-electron chi connectivity index (χ1n) is 23.7. The zero-order valence-electron chi connectivity index (χ0n) is 37.8. The summed E-state index contributed by atoms with van der Waals surface area (Å²) in [7, 11) is 0. The molecule has 0 amide bonds. The first kappa shape index (κ1) is 39.8. The number of hydrogen-bond donors (Lipinski definition) is 0. The van der Waals surface area contributed by atoms with Gasteiger partial charge >= 0.3 is 0 Å². The monoisotopic (exact) mass is 927 g/mol. The molecule has 0 radical (unpaired) electrons. The van der Waals surface area contributed by atoms with Gasteiger partial charge in [-0.3, -0.25) is 4.98 Å².